The summed E-state index contributed by atoms with van der Waals surface area (Å²) in [6, 6.07) is 11.8. The highest BCUT2D eigenvalue weighted by Crippen LogP contribution is 2.34. The minimum atomic E-state index is 0.0681. The number of hydrogen-bond acceptors (Lipinski definition) is 4. The normalized spacial score (nSPS) is 13.3. The lowest BCUT2D eigenvalue weighted by Crippen LogP contribution is -2.05. The van der Waals surface area contributed by atoms with Gasteiger partial charge in [0.05, 0.1) is 11.1 Å². The molecule has 0 unspecified atom stereocenters. The van der Waals surface area contributed by atoms with Gasteiger partial charge in [0.2, 0.25) is 5.82 Å². The molecule has 4 nitrogen and oxygen atoms in total. The second kappa shape index (κ2) is 6.52. The van der Waals surface area contributed by atoms with Gasteiger partial charge in [-0.3, -0.25) is 0 Å². The predicted molar refractivity (Wildman–Crippen MR) is 98.0 cm³/mol. The van der Waals surface area contributed by atoms with Gasteiger partial charge in [0.15, 0.2) is 0 Å². The number of aryl methyl sites for hydroxylation is 1. The maximum absolute atomic E-state index is 6.31. The topological polar surface area (TPSA) is 48.2 Å². The maximum atomic E-state index is 6.31. The van der Waals surface area contributed by atoms with Crippen molar-refractivity contribution in [3.63, 3.8) is 0 Å². The zero-order valence-corrected chi connectivity index (χ0v) is 15.0. The Hall–Kier alpha value is -2.33. The van der Waals surface area contributed by atoms with Crippen LogP contribution in [-0.4, -0.2) is 16.2 Å². The largest absolute Gasteiger partial charge is 0.489 e. The van der Waals surface area contributed by atoms with Gasteiger partial charge < -0.3 is 9.26 Å². The van der Waals surface area contributed by atoms with E-state index in [9.17, 15) is 0 Å². The van der Waals surface area contributed by atoms with E-state index in [1.165, 1.54) is 17.5 Å². The third kappa shape index (κ3) is 3.14. The Bertz CT molecular complexity index is 918. The lowest BCUT2D eigenvalue weighted by Gasteiger charge is -2.11. The van der Waals surface area contributed by atoms with Crippen LogP contribution in [0.5, 0.6) is 5.75 Å². The van der Waals surface area contributed by atoms with Crippen molar-refractivity contribution >= 4 is 11.6 Å². The Morgan fingerprint density at radius 3 is 2.84 bits per heavy atom. The number of aromatic nitrogens is 2. The fourth-order valence-electron chi connectivity index (χ4n) is 3.26. The quantitative estimate of drug-likeness (QED) is 0.635. The molecule has 0 atom stereocenters. The van der Waals surface area contributed by atoms with E-state index in [1.54, 1.807) is 6.07 Å². The number of halogens is 1. The first-order valence-electron chi connectivity index (χ1n) is 8.53. The molecule has 25 heavy (non-hydrogen) atoms. The molecule has 0 radical (unpaired) electrons. The van der Waals surface area contributed by atoms with E-state index in [-0.39, 0.29) is 6.10 Å². The van der Waals surface area contributed by atoms with Crippen molar-refractivity contribution in [1.82, 2.24) is 10.1 Å². The predicted octanol–water partition coefficient (Wildman–Crippen LogP) is 5.33. The van der Waals surface area contributed by atoms with Crippen LogP contribution in [-0.2, 0) is 12.8 Å². The lowest BCUT2D eigenvalue weighted by atomic mass is 10.0. The summed E-state index contributed by atoms with van der Waals surface area (Å²) in [5.74, 6) is 1.75. The summed E-state index contributed by atoms with van der Waals surface area (Å²) in [6.07, 6.45) is 3.45. The number of hydrogen-bond donors (Lipinski definition) is 0. The van der Waals surface area contributed by atoms with Crippen LogP contribution in [0.4, 0.5) is 0 Å². The molecule has 0 saturated heterocycles. The van der Waals surface area contributed by atoms with Crippen molar-refractivity contribution < 1.29 is 9.26 Å². The average molecular weight is 355 g/mol. The number of fused-ring (bicyclic) bond motifs is 1. The van der Waals surface area contributed by atoms with Gasteiger partial charge in [0.1, 0.15) is 5.75 Å². The van der Waals surface area contributed by atoms with Crippen molar-refractivity contribution in [2.75, 3.05) is 0 Å². The van der Waals surface area contributed by atoms with E-state index in [0.717, 1.165) is 24.0 Å². The third-order valence-corrected chi connectivity index (χ3v) is 4.65. The smallest absolute Gasteiger partial charge is 0.258 e. The highest BCUT2D eigenvalue weighted by atomic mass is 35.5. The SMILES string of the molecule is CC(C)Oc1ccc(-c2nc(-c3cccc4c3CCC4)no2)cc1Cl. The third-order valence-electron chi connectivity index (χ3n) is 4.35. The van der Waals surface area contributed by atoms with Crippen molar-refractivity contribution in [3.05, 3.63) is 52.5 Å². The van der Waals surface area contributed by atoms with Gasteiger partial charge >= 0.3 is 0 Å². The molecule has 128 valence electrons. The van der Waals surface area contributed by atoms with E-state index in [2.05, 4.69) is 28.3 Å². The Kier molecular flexibility index (Phi) is 4.22. The number of benzene rings is 2. The summed E-state index contributed by atoms with van der Waals surface area (Å²) in [5.41, 5.74) is 4.58. The van der Waals surface area contributed by atoms with Crippen molar-refractivity contribution in [1.29, 1.82) is 0 Å². The van der Waals surface area contributed by atoms with Crippen LogP contribution in [0.1, 0.15) is 31.4 Å². The van der Waals surface area contributed by atoms with E-state index in [1.807, 2.05) is 26.0 Å². The van der Waals surface area contributed by atoms with Crippen LogP contribution in [0.15, 0.2) is 40.9 Å². The molecule has 0 aliphatic heterocycles. The van der Waals surface area contributed by atoms with Gasteiger partial charge in [-0.1, -0.05) is 35.0 Å². The second-order valence-electron chi connectivity index (χ2n) is 6.53. The molecule has 1 aliphatic rings. The Morgan fingerprint density at radius 2 is 2.04 bits per heavy atom. The average Bonchev–Trinajstić information content (AvgIpc) is 3.24. The summed E-state index contributed by atoms with van der Waals surface area (Å²) in [6.45, 7) is 3.93. The van der Waals surface area contributed by atoms with Gasteiger partial charge in [-0.15, -0.1) is 0 Å². The van der Waals surface area contributed by atoms with Gasteiger partial charge in [0.25, 0.3) is 5.89 Å². The molecule has 5 heteroatoms. The minimum Gasteiger partial charge on any atom is -0.489 e. The molecule has 0 saturated carbocycles. The molecule has 0 N–H and O–H groups in total. The summed E-state index contributed by atoms with van der Waals surface area (Å²) in [7, 11) is 0. The van der Waals surface area contributed by atoms with Crippen LogP contribution in [0.25, 0.3) is 22.8 Å². The number of rotatable bonds is 4. The molecule has 2 aromatic carbocycles. The molecule has 1 heterocycles. The van der Waals surface area contributed by atoms with Crippen molar-refractivity contribution in [3.8, 4) is 28.6 Å². The van der Waals surface area contributed by atoms with Gasteiger partial charge in [-0.25, -0.2) is 0 Å². The van der Waals surface area contributed by atoms with Crippen LogP contribution in [0, 0.1) is 0 Å². The van der Waals surface area contributed by atoms with Crippen LogP contribution in [0.2, 0.25) is 5.02 Å². The molecular formula is C20H19ClN2O2. The van der Waals surface area contributed by atoms with Crippen LogP contribution >= 0.6 is 11.6 Å². The van der Waals surface area contributed by atoms with E-state index in [4.69, 9.17) is 20.9 Å². The maximum Gasteiger partial charge on any atom is 0.258 e. The monoisotopic (exact) mass is 354 g/mol. The second-order valence-corrected chi connectivity index (χ2v) is 6.94. The standard InChI is InChI=1S/C20H19ClN2O2/c1-12(2)24-18-10-9-14(11-17(18)21)20-22-19(23-25-20)16-8-4-6-13-5-3-7-15(13)16/h4,6,8-12H,3,5,7H2,1-2H3. The molecule has 3 aromatic rings. The fraction of sp³-hybridized carbons (Fsp3) is 0.300. The highest BCUT2D eigenvalue weighted by molar-refractivity contribution is 6.32. The number of nitrogens with zero attached hydrogens (tertiary/aromatic N) is 2. The van der Waals surface area contributed by atoms with Crippen LogP contribution in [0.3, 0.4) is 0 Å². The first-order valence-corrected chi connectivity index (χ1v) is 8.91. The first-order chi connectivity index (χ1) is 12.1. The van der Waals surface area contributed by atoms with E-state index < -0.39 is 0 Å². The van der Waals surface area contributed by atoms with Crippen molar-refractivity contribution in [2.24, 2.45) is 0 Å². The summed E-state index contributed by atoms with van der Waals surface area (Å²) in [5, 5.41) is 4.71. The zero-order chi connectivity index (χ0) is 17.4. The molecule has 0 fully saturated rings. The highest BCUT2D eigenvalue weighted by Gasteiger charge is 2.19. The van der Waals surface area contributed by atoms with Crippen molar-refractivity contribution in [2.45, 2.75) is 39.2 Å². The Balaban J connectivity index is 1.66. The van der Waals surface area contributed by atoms with E-state index in [0.29, 0.717) is 22.5 Å². The Morgan fingerprint density at radius 1 is 1.16 bits per heavy atom. The fourth-order valence-corrected chi connectivity index (χ4v) is 3.49. The summed E-state index contributed by atoms with van der Waals surface area (Å²) in [4.78, 5) is 4.58. The van der Waals surface area contributed by atoms with E-state index >= 15 is 0 Å². The molecule has 4 rings (SSSR count). The lowest BCUT2D eigenvalue weighted by molar-refractivity contribution is 0.242. The van der Waals surface area contributed by atoms with Gasteiger partial charge in [-0.05, 0) is 62.4 Å². The van der Waals surface area contributed by atoms with Crippen LogP contribution < -0.4 is 4.74 Å². The molecule has 0 spiro atoms. The number of ether oxygens (including phenoxy) is 1. The molecular weight excluding hydrogens is 336 g/mol. The summed E-state index contributed by atoms with van der Waals surface area (Å²) >= 11 is 6.31. The molecule has 1 aliphatic carbocycles. The molecule has 1 aromatic heterocycles. The van der Waals surface area contributed by atoms with Gasteiger partial charge in [0, 0.05) is 11.1 Å². The zero-order valence-electron chi connectivity index (χ0n) is 14.3. The first kappa shape index (κ1) is 16.2. The summed E-state index contributed by atoms with van der Waals surface area (Å²) < 4.78 is 11.1. The molecule has 0 bridgehead atoms. The molecule has 0 amide bonds. The van der Waals surface area contributed by atoms with Gasteiger partial charge in [-0.2, -0.15) is 4.98 Å². The Labute approximate surface area is 151 Å². The minimum absolute atomic E-state index is 0.0681.